The number of carboxylic acid groups (broad SMARTS) is 1. The number of piperidine rings is 1. The molecule has 0 unspecified atom stereocenters. The molecule has 0 aromatic carbocycles. The van der Waals surface area contributed by atoms with Gasteiger partial charge in [0, 0.05) is 13.1 Å². The van der Waals surface area contributed by atoms with Crippen LogP contribution in [0.4, 0.5) is 5.82 Å². The third-order valence-electron chi connectivity index (χ3n) is 3.13. The van der Waals surface area contributed by atoms with E-state index >= 15 is 0 Å². The van der Waals surface area contributed by atoms with E-state index in [-0.39, 0.29) is 10.2 Å². The van der Waals surface area contributed by atoms with Crippen LogP contribution in [0.3, 0.4) is 0 Å². The molecule has 0 amide bonds. The molecule has 5 nitrogen and oxygen atoms in total. The Labute approximate surface area is 104 Å². The summed E-state index contributed by atoms with van der Waals surface area (Å²) >= 11 is 4.89. The van der Waals surface area contributed by atoms with Gasteiger partial charge in [-0.05, 0) is 24.8 Å². The van der Waals surface area contributed by atoms with Crippen LogP contribution in [-0.2, 0) is 0 Å². The zero-order valence-electron chi connectivity index (χ0n) is 9.64. The fraction of sp³-hybridized carbons (Fsp3) is 0.545. The molecule has 0 saturated carbocycles. The van der Waals surface area contributed by atoms with E-state index in [1.54, 1.807) is 6.07 Å². The predicted octanol–water partition coefficient (Wildman–Crippen LogP) is 2.07. The Hall–Kier alpha value is -1.43. The van der Waals surface area contributed by atoms with Gasteiger partial charge < -0.3 is 10.0 Å². The maximum atomic E-state index is 11.0. The number of hydrogen-bond acceptors (Lipinski definition) is 4. The molecule has 92 valence electrons. The van der Waals surface area contributed by atoms with Gasteiger partial charge in [-0.2, -0.15) is 5.10 Å². The predicted molar refractivity (Wildman–Crippen MR) is 67.0 cm³/mol. The third kappa shape index (κ3) is 2.63. The molecule has 0 radical (unpaired) electrons. The molecular formula is C11H15N3O2S. The van der Waals surface area contributed by atoms with Gasteiger partial charge in [0.1, 0.15) is 10.5 Å². The van der Waals surface area contributed by atoms with E-state index in [0.717, 1.165) is 31.8 Å². The fourth-order valence-electron chi connectivity index (χ4n) is 1.95. The lowest BCUT2D eigenvalue weighted by molar-refractivity contribution is 0.0695. The highest BCUT2D eigenvalue weighted by atomic mass is 32.1. The second-order valence-corrected chi connectivity index (χ2v) is 4.85. The van der Waals surface area contributed by atoms with E-state index < -0.39 is 5.97 Å². The van der Waals surface area contributed by atoms with Gasteiger partial charge in [-0.25, -0.2) is 4.79 Å². The van der Waals surface area contributed by atoms with Crippen LogP contribution < -0.4 is 4.90 Å². The molecule has 1 aromatic rings. The maximum Gasteiger partial charge on any atom is 0.338 e. The quantitative estimate of drug-likeness (QED) is 0.790. The van der Waals surface area contributed by atoms with Gasteiger partial charge in [0.15, 0.2) is 0 Å². The Morgan fingerprint density at radius 2 is 2.24 bits per heavy atom. The van der Waals surface area contributed by atoms with Crippen molar-refractivity contribution in [2.45, 2.75) is 19.8 Å². The number of rotatable bonds is 2. The highest BCUT2D eigenvalue weighted by Gasteiger charge is 2.18. The number of nitrogens with one attached hydrogen (secondary N) is 1. The van der Waals surface area contributed by atoms with Crippen LogP contribution in [0.2, 0.25) is 0 Å². The summed E-state index contributed by atoms with van der Waals surface area (Å²) in [6.07, 6.45) is 2.22. The summed E-state index contributed by atoms with van der Waals surface area (Å²) in [7, 11) is 0. The molecule has 0 spiro atoms. The molecule has 0 atom stereocenters. The van der Waals surface area contributed by atoms with Crippen LogP contribution in [0.5, 0.6) is 0 Å². The zero-order chi connectivity index (χ0) is 12.4. The molecule has 17 heavy (non-hydrogen) atoms. The van der Waals surface area contributed by atoms with Crippen molar-refractivity contribution in [3.63, 3.8) is 0 Å². The van der Waals surface area contributed by atoms with Crippen molar-refractivity contribution in [3.05, 3.63) is 16.3 Å². The van der Waals surface area contributed by atoms with Crippen molar-refractivity contribution >= 4 is 24.0 Å². The number of H-pyrrole nitrogens is 1. The minimum absolute atomic E-state index is 0.114. The van der Waals surface area contributed by atoms with Crippen molar-refractivity contribution in [3.8, 4) is 0 Å². The molecule has 1 aliphatic rings. The second-order valence-electron chi connectivity index (χ2n) is 4.44. The molecule has 1 aromatic heterocycles. The topological polar surface area (TPSA) is 69.2 Å². The lowest BCUT2D eigenvalue weighted by Crippen LogP contribution is -2.33. The summed E-state index contributed by atoms with van der Waals surface area (Å²) in [6.45, 7) is 4.06. The minimum atomic E-state index is -1.01. The van der Waals surface area contributed by atoms with Gasteiger partial charge in [-0.15, -0.1) is 0 Å². The van der Waals surface area contributed by atoms with E-state index in [2.05, 4.69) is 22.0 Å². The van der Waals surface area contributed by atoms with Crippen LogP contribution in [0.1, 0.15) is 30.1 Å². The van der Waals surface area contributed by atoms with Gasteiger partial charge >= 0.3 is 5.97 Å². The standard InChI is InChI=1S/C11H15N3O2S/c1-7-2-4-14(5-3-7)9-6-8(11(15)16)10(17)13-12-9/h6-7H,2-5H2,1H3,(H,13,17)(H,15,16). The van der Waals surface area contributed by atoms with E-state index in [9.17, 15) is 4.79 Å². The lowest BCUT2D eigenvalue weighted by atomic mass is 9.99. The lowest BCUT2D eigenvalue weighted by Gasteiger charge is -2.30. The van der Waals surface area contributed by atoms with Crippen molar-refractivity contribution in [2.24, 2.45) is 5.92 Å². The van der Waals surface area contributed by atoms with Gasteiger partial charge in [-0.3, -0.25) is 5.10 Å². The smallest absolute Gasteiger partial charge is 0.338 e. The first-order valence-electron chi connectivity index (χ1n) is 5.66. The minimum Gasteiger partial charge on any atom is -0.478 e. The zero-order valence-corrected chi connectivity index (χ0v) is 10.5. The number of aromatic carboxylic acids is 1. The van der Waals surface area contributed by atoms with Crippen molar-refractivity contribution in [2.75, 3.05) is 18.0 Å². The Bertz CT molecular complexity index is 478. The number of nitrogens with zero attached hydrogens (tertiary/aromatic N) is 2. The molecule has 0 aliphatic carbocycles. The van der Waals surface area contributed by atoms with Crippen molar-refractivity contribution < 1.29 is 9.90 Å². The normalized spacial score (nSPS) is 17.1. The SMILES string of the molecule is CC1CCN(c2cc(C(=O)O)c(=S)[nH]n2)CC1. The summed E-state index contributed by atoms with van der Waals surface area (Å²) in [6, 6.07) is 1.55. The Kier molecular flexibility index (Phi) is 3.42. The van der Waals surface area contributed by atoms with Gasteiger partial charge in [0.05, 0.1) is 5.56 Å². The molecule has 1 fully saturated rings. The van der Waals surface area contributed by atoms with Gasteiger partial charge in [0.25, 0.3) is 0 Å². The van der Waals surface area contributed by atoms with Crippen LogP contribution >= 0.6 is 12.2 Å². The molecule has 2 rings (SSSR count). The highest BCUT2D eigenvalue weighted by Crippen LogP contribution is 2.21. The highest BCUT2D eigenvalue weighted by molar-refractivity contribution is 7.71. The number of aromatic nitrogens is 2. The largest absolute Gasteiger partial charge is 0.478 e. The van der Waals surface area contributed by atoms with Crippen LogP contribution in [0.15, 0.2) is 6.07 Å². The first-order valence-corrected chi connectivity index (χ1v) is 6.06. The van der Waals surface area contributed by atoms with Crippen molar-refractivity contribution in [1.82, 2.24) is 10.2 Å². The number of carbonyl (C=O) groups is 1. The first-order chi connectivity index (χ1) is 8.08. The molecule has 2 N–H and O–H groups in total. The van der Waals surface area contributed by atoms with E-state index in [1.165, 1.54) is 0 Å². The number of aromatic amines is 1. The van der Waals surface area contributed by atoms with Crippen LogP contribution in [-0.4, -0.2) is 34.4 Å². The molecule has 2 heterocycles. The molecular weight excluding hydrogens is 238 g/mol. The monoisotopic (exact) mass is 253 g/mol. The van der Waals surface area contributed by atoms with E-state index in [4.69, 9.17) is 17.3 Å². The number of carboxylic acids is 1. The Morgan fingerprint density at radius 1 is 1.59 bits per heavy atom. The van der Waals surface area contributed by atoms with Crippen LogP contribution in [0.25, 0.3) is 0 Å². The molecule has 0 bridgehead atoms. The second kappa shape index (κ2) is 4.83. The number of hydrogen-bond donors (Lipinski definition) is 2. The van der Waals surface area contributed by atoms with Gasteiger partial charge in [0.2, 0.25) is 0 Å². The van der Waals surface area contributed by atoms with E-state index in [1.807, 2.05) is 0 Å². The molecule has 1 aliphatic heterocycles. The summed E-state index contributed by atoms with van der Waals surface area (Å²) in [4.78, 5) is 13.1. The first kappa shape index (κ1) is 12.0. The Morgan fingerprint density at radius 3 is 2.82 bits per heavy atom. The molecule has 1 saturated heterocycles. The molecule has 6 heteroatoms. The fourth-order valence-corrected chi connectivity index (χ4v) is 2.15. The van der Waals surface area contributed by atoms with Crippen LogP contribution in [0, 0.1) is 10.6 Å². The maximum absolute atomic E-state index is 11.0. The van der Waals surface area contributed by atoms with E-state index in [0.29, 0.717) is 5.82 Å². The summed E-state index contributed by atoms with van der Waals surface area (Å²) in [5.74, 6) is 0.385. The summed E-state index contributed by atoms with van der Waals surface area (Å²) in [5, 5.41) is 15.7. The third-order valence-corrected chi connectivity index (χ3v) is 3.44. The number of anilines is 1. The average molecular weight is 253 g/mol. The summed E-state index contributed by atoms with van der Waals surface area (Å²) < 4.78 is 0.173. The average Bonchev–Trinajstić information content (AvgIpc) is 2.30. The Balaban J connectivity index is 2.25. The van der Waals surface area contributed by atoms with Gasteiger partial charge in [-0.1, -0.05) is 19.1 Å². The van der Waals surface area contributed by atoms with Crippen molar-refractivity contribution in [1.29, 1.82) is 0 Å². The summed E-state index contributed by atoms with van der Waals surface area (Å²) in [5.41, 5.74) is 0.114.